The molecule has 0 aromatic carbocycles. The molecule has 0 fully saturated rings. The van der Waals surface area contributed by atoms with Crippen LogP contribution in [0.5, 0.6) is 0 Å². The summed E-state index contributed by atoms with van der Waals surface area (Å²) in [6.45, 7) is 1.71. The Labute approximate surface area is 109 Å². The number of fused-ring (bicyclic) bond motifs is 1. The van der Waals surface area contributed by atoms with Crippen molar-refractivity contribution < 1.29 is 9.90 Å². The number of carboxylic acids is 1. The number of hydrogen-bond acceptors (Lipinski definition) is 4. The predicted molar refractivity (Wildman–Crippen MR) is 70.3 cm³/mol. The molecule has 0 saturated carbocycles. The molecule has 0 amide bonds. The van der Waals surface area contributed by atoms with E-state index in [0.717, 1.165) is 25.3 Å². The predicted octanol–water partition coefficient (Wildman–Crippen LogP) is 2.40. The molecule has 92 valence electrons. The molecule has 18 heavy (non-hydrogen) atoms. The van der Waals surface area contributed by atoms with Gasteiger partial charge in [-0.2, -0.15) is 0 Å². The molecule has 3 rings (SSSR count). The number of aromatic carboxylic acids is 1. The standard InChI is InChI=1S/C13H12N2O2S/c16-13(17)9-1-4-14-12(7-9)15-5-2-11-10(8-15)3-6-18-11/h1,3-4,6-7H,2,5,8H2,(H,16,17). The third kappa shape index (κ3) is 1.97. The highest BCUT2D eigenvalue weighted by Gasteiger charge is 2.19. The van der Waals surface area contributed by atoms with Gasteiger partial charge in [-0.25, -0.2) is 9.78 Å². The van der Waals surface area contributed by atoms with Crippen LogP contribution in [0.1, 0.15) is 20.8 Å². The van der Waals surface area contributed by atoms with Crippen molar-refractivity contribution in [1.29, 1.82) is 0 Å². The van der Waals surface area contributed by atoms with Crippen LogP contribution in [0.4, 0.5) is 5.82 Å². The van der Waals surface area contributed by atoms with E-state index in [1.165, 1.54) is 16.5 Å². The summed E-state index contributed by atoms with van der Waals surface area (Å²) in [4.78, 5) is 18.8. The minimum Gasteiger partial charge on any atom is -0.478 e. The number of thiophene rings is 1. The fraction of sp³-hybridized carbons (Fsp3) is 0.231. The van der Waals surface area contributed by atoms with Gasteiger partial charge in [0.2, 0.25) is 0 Å². The molecule has 1 N–H and O–H groups in total. The van der Waals surface area contributed by atoms with Crippen LogP contribution in [0, 0.1) is 0 Å². The number of carboxylic acid groups (broad SMARTS) is 1. The second kappa shape index (κ2) is 4.42. The van der Waals surface area contributed by atoms with Crippen molar-refractivity contribution >= 4 is 23.1 Å². The van der Waals surface area contributed by atoms with Crippen molar-refractivity contribution in [3.05, 3.63) is 45.8 Å². The first-order valence-electron chi connectivity index (χ1n) is 5.73. The van der Waals surface area contributed by atoms with Gasteiger partial charge in [0.15, 0.2) is 0 Å². The summed E-state index contributed by atoms with van der Waals surface area (Å²) in [7, 11) is 0. The Morgan fingerprint density at radius 3 is 3.17 bits per heavy atom. The lowest BCUT2D eigenvalue weighted by Crippen LogP contribution is -2.30. The maximum atomic E-state index is 10.9. The van der Waals surface area contributed by atoms with Gasteiger partial charge in [-0.15, -0.1) is 11.3 Å². The first-order chi connectivity index (χ1) is 8.74. The molecular formula is C13H12N2O2S. The van der Waals surface area contributed by atoms with Gasteiger partial charge < -0.3 is 10.0 Å². The summed E-state index contributed by atoms with van der Waals surface area (Å²) in [5.41, 5.74) is 1.62. The van der Waals surface area contributed by atoms with Crippen molar-refractivity contribution in [3.8, 4) is 0 Å². The van der Waals surface area contributed by atoms with Crippen LogP contribution in [-0.4, -0.2) is 22.6 Å². The molecule has 2 aromatic rings. The minimum atomic E-state index is -0.910. The van der Waals surface area contributed by atoms with Gasteiger partial charge in [0, 0.05) is 24.2 Å². The second-order valence-electron chi connectivity index (χ2n) is 4.25. The third-order valence-electron chi connectivity index (χ3n) is 3.12. The van der Waals surface area contributed by atoms with Crippen molar-refractivity contribution in [3.63, 3.8) is 0 Å². The number of aromatic nitrogens is 1. The lowest BCUT2D eigenvalue weighted by molar-refractivity contribution is 0.0697. The molecule has 5 heteroatoms. The Bertz CT molecular complexity index is 594. The molecule has 0 atom stereocenters. The van der Waals surface area contributed by atoms with E-state index in [0.29, 0.717) is 0 Å². The molecule has 1 aliphatic heterocycles. The lowest BCUT2D eigenvalue weighted by atomic mass is 10.1. The topological polar surface area (TPSA) is 53.4 Å². The highest BCUT2D eigenvalue weighted by molar-refractivity contribution is 7.10. The number of nitrogens with zero attached hydrogens (tertiary/aromatic N) is 2. The van der Waals surface area contributed by atoms with E-state index < -0.39 is 5.97 Å². The molecule has 0 spiro atoms. The lowest BCUT2D eigenvalue weighted by Gasteiger charge is -2.28. The highest BCUT2D eigenvalue weighted by atomic mass is 32.1. The van der Waals surface area contributed by atoms with Gasteiger partial charge in [0.25, 0.3) is 0 Å². The third-order valence-corrected chi connectivity index (χ3v) is 4.15. The number of pyridine rings is 1. The van der Waals surface area contributed by atoms with Crippen molar-refractivity contribution in [2.45, 2.75) is 13.0 Å². The van der Waals surface area contributed by atoms with E-state index in [4.69, 9.17) is 5.11 Å². The second-order valence-corrected chi connectivity index (χ2v) is 5.25. The van der Waals surface area contributed by atoms with Crippen LogP contribution in [0.3, 0.4) is 0 Å². The molecule has 1 aliphatic rings. The molecule has 3 heterocycles. The summed E-state index contributed by atoms with van der Waals surface area (Å²) in [6, 6.07) is 5.29. The SMILES string of the molecule is O=C(O)c1ccnc(N2CCc3sccc3C2)c1. The maximum absolute atomic E-state index is 10.9. The largest absolute Gasteiger partial charge is 0.478 e. The van der Waals surface area contributed by atoms with E-state index in [9.17, 15) is 4.79 Å². The van der Waals surface area contributed by atoms with Crippen LogP contribution in [0.15, 0.2) is 29.8 Å². The molecular weight excluding hydrogens is 248 g/mol. The Hall–Kier alpha value is -1.88. The van der Waals surface area contributed by atoms with E-state index in [1.54, 1.807) is 23.6 Å². The Morgan fingerprint density at radius 1 is 1.44 bits per heavy atom. The zero-order valence-corrected chi connectivity index (χ0v) is 10.5. The van der Waals surface area contributed by atoms with Crippen molar-refractivity contribution in [2.24, 2.45) is 0 Å². The molecule has 0 saturated heterocycles. The smallest absolute Gasteiger partial charge is 0.335 e. The van der Waals surface area contributed by atoms with Crippen LogP contribution in [0.2, 0.25) is 0 Å². The van der Waals surface area contributed by atoms with Crippen molar-refractivity contribution in [1.82, 2.24) is 4.98 Å². The van der Waals surface area contributed by atoms with E-state index in [-0.39, 0.29) is 5.56 Å². The number of carbonyl (C=O) groups is 1. The highest BCUT2D eigenvalue weighted by Crippen LogP contribution is 2.26. The van der Waals surface area contributed by atoms with Gasteiger partial charge in [-0.3, -0.25) is 0 Å². The monoisotopic (exact) mass is 260 g/mol. The quantitative estimate of drug-likeness (QED) is 0.901. The number of rotatable bonds is 2. The summed E-state index contributed by atoms with van der Waals surface area (Å²) >= 11 is 1.79. The molecule has 4 nitrogen and oxygen atoms in total. The zero-order valence-electron chi connectivity index (χ0n) is 9.67. The van der Waals surface area contributed by atoms with E-state index in [1.807, 2.05) is 0 Å². The number of anilines is 1. The van der Waals surface area contributed by atoms with E-state index >= 15 is 0 Å². The summed E-state index contributed by atoms with van der Waals surface area (Å²) in [5.74, 6) is -0.168. The summed E-state index contributed by atoms with van der Waals surface area (Å²) in [6.07, 6.45) is 2.56. The molecule has 0 aliphatic carbocycles. The molecule has 0 unspecified atom stereocenters. The van der Waals surface area contributed by atoms with Gasteiger partial charge in [0.1, 0.15) is 5.82 Å². The van der Waals surface area contributed by atoms with Gasteiger partial charge >= 0.3 is 5.97 Å². The van der Waals surface area contributed by atoms with E-state index in [2.05, 4.69) is 21.3 Å². The van der Waals surface area contributed by atoms with Gasteiger partial charge in [0.05, 0.1) is 5.56 Å². The Balaban J connectivity index is 1.88. The summed E-state index contributed by atoms with van der Waals surface area (Å²) in [5, 5.41) is 11.1. The average Bonchev–Trinajstić information content (AvgIpc) is 2.86. The van der Waals surface area contributed by atoms with Crippen LogP contribution < -0.4 is 4.90 Å². The zero-order chi connectivity index (χ0) is 12.5. The molecule has 0 radical (unpaired) electrons. The van der Waals surface area contributed by atoms with Gasteiger partial charge in [-0.05, 0) is 35.6 Å². The molecule has 0 bridgehead atoms. The number of hydrogen-bond donors (Lipinski definition) is 1. The van der Waals surface area contributed by atoms with Gasteiger partial charge in [-0.1, -0.05) is 0 Å². The minimum absolute atomic E-state index is 0.288. The maximum Gasteiger partial charge on any atom is 0.335 e. The summed E-state index contributed by atoms with van der Waals surface area (Å²) < 4.78 is 0. The molecule has 2 aromatic heterocycles. The first-order valence-corrected chi connectivity index (χ1v) is 6.61. The fourth-order valence-corrected chi connectivity index (χ4v) is 3.06. The van der Waals surface area contributed by atoms with Crippen LogP contribution in [0.25, 0.3) is 0 Å². The van der Waals surface area contributed by atoms with Crippen molar-refractivity contribution in [2.75, 3.05) is 11.4 Å². The Morgan fingerprint density at radius 2 is 2.33 bits per heavy atom. The Kier molecular flexibility index (Phi) is 2.76. The van der Waals surface area contributed by atoms with Crippen LogP contribution in [-0.2, 0) is 13.0 Å². The average molecular weight is 260 g/mol. The normalized spacial score (nSPS) is 14.3. The fourth-order valence-electron chi connectivity index (χ4n) is 2.17. The first kappa shape index (κ1) is 11.2. The van der Waals surface area contributed by atoms with Crippen LogP contribution >= 0.6 is 11.3 Å².